The van der Waals surface area contributed by atoms with Crippen LogP contribution in [0.3, 0.4) is 0 Å². The van der Waals surface area contributed by atoms with Gasteiger partial charge in [0.05, 0.1) is 29.6 Å². The van der Waals surface area contributed by atoms with Crippen LogP contribution in [0, 0.1) is 5.41 Å². The number of halogens is 1. The lowest BCUT2D eigenvalue weighted by atomic mass is 9.73. The Labute approximate surface area is 268 Å². The highest BCUT2D eigenvalue weighted by molar-refractivity contribution is 7.99. The molecule has 1 amide bonds. The van der Waals surface area contributed by atoms with E-state index in [0.29, 0.717) is 52.2 Å². The lowest BCUT2D eigenvalue weighted by Gasteiger charge is -2.41. The van der Waals surface area contributed by atoms with E-state index >= 15 is 0 Å². The molecule has 2 atom stereocenters. The summed E-state index contributed by atoms with van der Waals surface area (Å²) in [5.41, 5.74) is 7.03. The lowest BCUT2D eigenvalue weighted by molar-refractivity contribution is 0.0974. The number of nitrogens with two attached hydrogens (primary N) is 1. The maximum atomic E-state index is 13.1. The number of aromatic hydroxyl groups is 1. The average Bonchev–Trinajstić information content (AvgIpc) is 3.31. The fraction of sp³-hybridized carbons (Fsp3) is 0.419. The van der Waals surface area contributed by atoms with E-state index in [-0.39, 0.29) is 22.6 Å². The minimum absolute atomic E-state index is 0.0350. The first-order chi connectivity index (χ1) is 21.7. The van der Waals surface area contributed by atoms with Crippen LogP contribution in [-0.2, 0) is 17.7 Å². The normalized spacial score (nSPS) is 20.8. The summed E-state index contributed by atoms with van der Waals surface area (Å²) >= 11 is 8.01. The number of carbonyl (C=O) groups is 1. The molecule has 0 bridgehead atoms. The third kappa shape index (κ3) is 5.51. The van der Waals surface area contributed by atoms with Crippen molar-refractivity contribution in [3.8, 4) is 5.88 Å². The van der Waals surface area contributed by atoms with E-state index in [1.165, 1.54) is 16.3 Å². The number of amides is 1. The van der Waals surface area contributed by atoms with Gasteiger partial charge in [-0.05, 0) is 56.9 Å². The number of carbonyl (C=O) groups excluding carboxylic acids is 1. The van der Waals surface area contributed by atoms with Gasteiger partial charge in [-0.25, -0.2) is 15.0 Å². The van der Waals surface area contributed by atoms with Crippen molar-refractivity contribution in [1.82, 2.24) is 24.5 Å². The van der Waals surface area contributed by atoms with Crippen molar-refractivity contribution in [2.45, 2.75) is 67.6 Å². The zero-order valence-electron chi connectivity index (χ0n) is 24.7. The van der Waals surface area contributed by atoms with E-state index in [4.69, 9.17) is 27.1 Å². The van der Waals surface area contributed by atoms with Crippen molar-refractivity contribution < 1.29 is 14.6 Å². The Morgan fingerprint density at radius 2 is 1.98 bits per heavy atom. The van der Waals surface area contributed by atoms with Gasteiger partial charge < -0.3 is 25.8 Å². The molecule has 4 N–H and O–H groups in total. The largest absolute Gasteiger partial charge is 0.493 e. The number of piperidine rings is 1. The first-order valence-electron chi connectivity index (χ1n) is 15.1. The predicted octanol–water partition coefficient (Wildman–Crippen LogP) is 4.01. The van der Waals surface area contributed by atoms with Crippen molar-refractivity contribution >= 4 is 51.9 Å². The first kappa shape index (κ1) is 29.9. The monoisotopic (exact) mass is 648 g/mol. The number of pyridine rings is 1. The van der Waals surface area contributed by atoms with Gasteiger partial charge in [-0.3, -0.25) is 14.2 Å². The third-order valence-corrected chi connectivity index (χ3v) is 10.7. The van der Waals surface area contributed by atoms with E-state index in [0.717, 1.165) is 44.6 Å². The number of hydrogen-bond donors (Lipinski definition) is 3. The second-order valence-corrected chi connectivity index (χ2v) is 13.4. The zero-order valence-corrected chi connectivity index (χ0v) is 26.3. The van der Waals surface area contributed by atoms with Crippen LogP contribution in [-0.4, -0.2) is 67.4 Å². The van der Waals surface area contributed by atoms with Crippen molar-refractivity contribution in [2.24, 2.45) is 11.1 Å². The van der Waals surface area contributed by atoms with Gasteiger partial charge >= 0.3 is 0 Å². The number of anilines is 2. The maximum absolute atomic E-state index is 13.1. The predicted molar refractivity (Wildman–Crippen MR) is 171 cm³/mol. The van der Waals surface area contributed by atoms with Crippen LogP contribution in [0.25, 0.3) is 11.2 Å². The highest BCUT2D eigenvalue weighted by Crippen LogP contribution is 2.42. The number of fused-ring (bicyclic) bond motifs is 2. The van der Waals surface area contributed by atoms with Gasteiger partial charge in [0, 0.05) is 42.4 Å². The molecule has 0 saturated carbocycles. The lowest BCUT2D eigenvalue weighted by Crippen LogP contribution is -2.50. The molecule has 3 aliphatic rings. The van der Waals surface area contributed by atoms with Crippen LogP contribution in [0.1, 0.15) is 48.8 Å². The van der Waals surface area contributed by atoms with Gasteiger partial charge in [0.25, 0.3) is 11.5 Å². The Morgan fingerprint density at radius 1 is 1.16 bits per heavy atom. The Bertz CT molecular complexity index is 1860. The van der Waals surface area contributed by atoms with Crippen LogP contribution < -0.4 is 21.5 Å². The van der Waals surface area contributed by atoms with Gasteiger partial charge in [0.15, 0.2) is 11.2 Å². The second kappa shape index (κ2) is 11.9. The van der Waals surface area contributed by atoms with Crippen LogP contribution in [0.15, 0.2) is 51.2 Å². The molecule has 2 saturated heterocycles. The Morgan fingerprint density at radius 3 is 2.76 bits per heavy atom. The smallest absolute Gasteiger partial charge is 0.270 e. The highest BCUT2D eigenvalue weighted by atomic mass is 35.5. The number of nitrogens with one attached hydrogen (secondary N) is 1. The Hall–Kier alpha value is -3.78. The molecule has 0 aliphatic carbocycles. The molecule has 14 heteroatoms. The van der Waals surface area contributed by atoms with Crippen molar-refractivity contribution in [3.63, 3.8) is 0 Å². The molecule has 6 heterocycles. The number of aryl methyl sites for hydroxylation is 1. The second-order valence-electron chi connectivity index (χ2n) is 11.9. The molecular formula is C31H33ClN8O4S. The molecule has 12 nitrogen and oxygen atoms in total. The fourth-order valence-electron chi connectivity index (χ4n) is 6.48. The number of benzene rings is 1. The van der Waals surface area contributed by atoms with Crippen molar-refractivity contribution in [2.75, 3.05) is 29.9 Å². The van der Waals surface area contributed by atoms with E-state index in [2.05, 4.69) is 25.2 Å². The van der Waals surface area contributed by atoms with Gasteiger partial charge in [-0.1, -0.05) is 29.4 Å². The van der Waals surface area contributed by atoms with Crippen molar-refractivity contribution in [3.05, 3.63) is 63.3 Å². The summed E-state index contributed by atoms with van der Waals surface area (Å²) in [7, 11) is 0. The summed E-state index contributed by atoms with van der Waals surface area (Å²) in [5, 5.41) is 14.0. The minimum atomic E-state index is -0.775. The summed E-state index contributed by atoms with van der Waals surface area (Å²) in [6.07, 6.45) is 6.02. The number of aromatic nitrogens is 5. The minimum Gasteiger partial charge on any atom is -0.493 e. The fourth-order valence-corrected chi connectivity index (χ4v) is 7.61. The Balaban J connectivity index is 1.05. The number of hydrogen-bond acceptors (Lipinski definition) is 11. The van der Waals surface area contributed by atoms with E-state index in [1.807, 2.05) is 19.1 Å². The van der Waals surface area contributed by atoms with Gasteiger partial charge in [-0.2, -0.15) is 4.98 Å². The summed E-state index contributed by atoms with van der Waals surface area (Å²) < 4.78 is 7.30. The zero-order chi connectivity index (χ0) is 31.3. The van der Waals surface area contributed by atoms with Crippen molar-refractivity contribution in [1.29, 1.82) is 0 Å². The summed E-state index contributed by atoms with van der Waals surface area (Å²) in [6, 6.07) is 8.96. The quantitative estimate of drug-likeness (QED) is 0.287. The molecule has 4 aromatic rings. The summed E-state index contributed by atoms with van der Waals surface area (Å²) in [4.78, 5) is 47.2. The number of nitrogens with zero attached hydrogens (tertiary/aromatic N) is 6. The molecule has 1 aromatic carbocycles. The van der Waals surface area contributed by atoms with Crippen LogP contribution in [0.4, 0.5) is 11.5 Å². The third-order valence-electron chi connectivity index (χ3n) is 9.21. The molecule has 234 valence electrons. The standard InChI is InChI=1S/C31H33ClN8O4S/c1-17-26(33)31(16-44-17)10-13-39(14-11-31)22-15-34-27-19(35-22)8-9-23(38-27)45-20-6-4-5-18(25(20)32)36-28(41)24-29(42)37-21-7-2-3-12-40(21)30(24)43/h4-6,8-9,15,17,26,42H,2-3,7,10-14,16,33H2,1H3,(H,36,41)/t17-,26+/m0/s1. The molecule has 2 fully saturated rings. The van der Waals surface area contributed by atoms with Gasteiger partial charge in [0.1, 0.15) is 22.2 Å². The van der Waals surface area contributed by atoms with Crippen LogP contribution in [0.2, 0.25) is 5.02 Å². The van der Waals surface area contributed by atoms with Crippen LogP contribution >= 0.6 is 23.4 Å². The van der Waals surface area contributed by atoms with E-state index in [9.17, 15) is 14.7 Å². The van der Waals surface area contributed by atoms with Crippen LogP contribution in [0.5, 0.6) is 5.88 Å². The average molecular weight is 649 g/mol. The number of rotatable bonds is 5. The highest BCUT2D eigenvalue weighted by Gasteiger charge is 2.47. The summed E-state index contributed by atoms with van der Waals surface area (Å²) in [5.74, 6) is -0.0582. The maximum Gasteiger partial charge on any atom is 0.270 e. The SMILES string of the molecule is C[C@@H]1OCC2(CCN(c3cnc4nc(Sc5cccc(NC(=O)c6c(O)nc7n(c6=O)CCCC7)c5Cl)ccc4n3)CC2)[C@@H]1N. The topological polar surface area (TPSA) is 161 Å². The first-order valence-corrected chi connectivity index (χ1v) is 16.3. The molecular weight excluding hydrogens is 616 g/mol. The van der Waals surface area contributed by atoms with E-state index in [1.54, 1.807) is 24.4 Å². The molecule has 7 rings (SSSR count). The number of ether oxygens (including phenoxy) is 1. The van der Waals surface area contributed by atoms with Gasteiger partial charge in [-0.15, -0.1) is 0 Å². The molecule has 3 aliphatic heterocycles. The summed E-state index contributed by atoms with van der Waals surface area (Å²) in [6.45, 7) is 4.91. The molecule has 1 spiro atoms. The Kier molecular flexibility index (Phi) is 7.88. The van der Waals surface area contributed by atoms with Gasteiger partial charge in [0.2, 0.25) is 5.88 Å². The van der Waals surface area contributed by atoms with E-state index < -0.39 is 22.9 Å². The molecule has 0 unspecified atom stereocenters. The molecule has 0 radical (unpaired) electrons. The molecule has 3 aromatic heterocycles. The molecule has 45 heavy (non-hydrogen) atoms.